The largest absolute Gasteiger partial charge is 0.378 e. The first-order chi connectivity index (χ1) is 18.7. The quantitative estimate of drug-likeness (QED) is 0.326. The molecular formula is C26H34N6O5S2. The van der Waals surface area contributed by atoms with Gasteiger partial charge in [-0.1, -0.05) is 13.8 Å². The molecule has 0 radical (unpaired) electrons. The average Bonchev–Trinajstić information content (AvgIpc) is 3.40. The van der Waals surface area contributed by atoms with E-state index in [0.29, 0.717) is 43.7 Å². The smallest absolute Gasteiger partial charge is 0.267 e. The third kappa shape index (κ3) is 7.50. The highest BCUT2D eigenvalue weighted by molar-refractivity contribution is 7.90. The number of aryl methyl sites for hydroxylation is 2. The van der Waals surface area contributed by atoms with Crippen LogP contribution in [0.2, 0.25) is 0 Å². The molecule has 39 heavy (non-hydrogen) atoms. The first kappa shape index (κ1) is 28.9. The number of ether oxygens (including phenoxy) is 1. The molecule has 4 rings (SSSR count). The molecule has 1 aliphatic heterocycles. The lowest BCUT2D eigenvalue weighted by Crippen LogP contribution is -2.38. The summed E-state index contributed by atoms with van der Waals surface area (Å²) in [7, 11) is -3.82. The van der Waals surface area contributed by atoms with Crippen molar-refractivity contribution in [2.45, 2.75) is 39.0 Å². The zero-order valence-electron chi connectivity index (χ0n) is 22.1. The molecule has 3 aromatic rings. The molecule has 13 heteroatoms. The monoisotopic (exact) mass is 574 g/mol. The number of anilines is 1. The van der Waals surface area contributed by atoms with Crippen molar-refractivity contribution in [2.24, 2.45) is 5.73 Å². The number of aromatic nitrogens is 3. The Hall–Kier alpha value is -3.13. The van der Waals surface area contributed by atoms with Crippen molar-refractivity contribution in [1.82, 2.24) is 19.1 Å². The fourth-order valence-corrected chi connectivity index (χ4v) is 6.11. The topological polar surface area (TPSA) is 149 Å². The van der Waals surface area contributed by atoms with E-state index in [-0.39, 0.29) is 29.8 Å². The molecule has 3 aromatic heterocycles. The zero-order chi connectivity index (χ0) is 28.0. The highest BCUT2D eigenvalue weighted by Crippen LogP contribution is 2.21. The molecule has 1 fully saturated rings. The van der Waals surface area contributed by atoms with Gasteiger partial charge in [-0.3, -0.25) is 14.0 Å². The van der Waals surface area contributed by atoms with E-state index < -0.39 is 15.9 Å². The summed E-state index contributed by atoms with van der Waals surface area (Å²) in [6, 6.07) is 3.78. The van der Waals surface area contributed by atoms with E-state index in [1.165, 1.54) is 10.5 Å². The third-order valence-corrected chi connectivity index (χ3v) is 8.55. The van der Waals surface area contributed by atoms with Gasteiger partial charge in [0.05, 0.1) is 35.2 Å². The molecule has 0 aromatic carbocycles. The van der Waals surface area contributed by atoms with Gasteiger partial charge in [-0.25, -0.2) is 23.1 Å². The van der Waals surface area contributed by atoms with Crippen LogP contribution in [0.1, 0.15) is 48.0 Å². The molecule has 11 nitrogen and oxygen atoms in total. The van der Waals surface area contributed by atoms with Gasteiger partial charge in [0.15, 0.2) is 0 Å². The first-order valence-electron chi connectivity index (χ1n) is 12.9. The van der Waals surface area contributed by atoms with Crippen LogP contribution in [0, 0.1) is 0 Å². The maximum Gasteiger partial charge on any atom is 0.267 e. The third-order valence-electron chi connectivity index (χ3n) is 6.28. The van der Waals surface area contributed by atoms with E-state index >= 15 is 0 Å². The van der Waals surface area contributed by atoms with E-state index in [4.69, 9.17) is 20.4 Å². The minimum absolute atomic E-state index is 0.194. The van der Waals surface area contributed by atoms with Gasteiger partial charge in [-0.15, -0.1) is 11.3 Å². The number of hydrogen-bond donors (Lipinski definition) is 2. The van der Waals surface area contributed by atoms with Crippen LogP contribution >= 0.6 is 11.3 Å². The minimum Gasteiger partial charge on any atom is -0.378 e. The number of sulfonamides is 1. The highest BCUT2D eigenvalue weighted by atomic mass is 32.2. The van der Waals surface area contributed by atoms with Crippen molar-refractivity contribution < 1.29 is 17.9 Å². The minimum atomic E-state index is -3.82. The van der Waals surface area contributed by atoms with Crippen molar-refractivity contribution in [3.63, 3.8) is 0 Å². The Morgan fingerprint density at radius 3 is 2.72 bits per heavy atom. The zero-order valence-corrected chi connectivity index (χ0v) is 23.8. The number of morpholine rings is 1. The molecule has 1 saturated heterocycles. The number of hydrogen-bond acceptors (Lipinski definition) is 10. The predicted octanol–water partition coefficient (Wildman–Crippen LogP) is 1.70. The van der Waals surface area contributed by atoms with E-state index in [1.807, 2.05) is 21.8 Å². The summed E-state index contributed by atoms with van der Waals surface area (Å²) in [6.45, 7) is 6.47. The molecule has 0 atom stereocenters. The standard InChI is InChI=1S/C26H34N6O5S2/c1-18(2)21-17-38-24(28-21)7-4-19-8-10-32-22(16-19)29-25(31-11-13-37-14-12-31)20(26(32)34)5-6-23(33)30-39(35,36)15-3-9-27/h5-6,8,10,16-18H,3-4,7,9,11-15,27H2,1-2H3,(H,30,33)/b6-5+. The molecule has 0 bridgehead atoms. The van der Waals surface area contributed by atoms with Crippen molar-refractivity contribution in [2.75, 3.05) is 43.5 Å². The number of thiazole rings is 1. The number of pyridine rings is 1. The number of carbonyl (C=O) groups excluding carboxylic acids is 1. The lowest BCUT2D eigenvalue weighted by atomic mass is 10.1. The fraction of sp³-hybridized carbons (Fsp3) is 0.462. The Kier molecular flexibility index (Phi) is 9.49. The number of nitrogens with two attached hydrogens (primary N) is 1. The van der Waals surface area contributed by atoms with Crippen LogP contribution in [0.25, 0.3) is 11.7 Å². The van der Waals surface area contributed by atoms with Crippen molar-refractivity contribution in [1.29, 1.82) is 0 Å². The molecule has 210 valence electrons. The summed E-state index contributed by atoms with van der Waals surface area (Å²) in [4.78, 5) is 37.3. The van der Waals surface area contributed by atoms with E-state index in [9.17, 15) is 18.0 Å². The van der Waals surface area contributed by atoms with Gasteiger partial charge in [-0.05, 0) is 49.1 Å². The average molecular weight is 575 g/mol. The van der Waals surface area contributed by atoms with E-state index in [2.05, 4.69) is 19.2 Å². The van der Waals surface area contributed by atoms with Crippen LogP contribution in [0.5, 0.6) is 0 Å². The lowest BCUT2D eigenvalue weighted by molar-refractivity contribution is -0.114. The maximum atomic E-state index is 13.5. The van der Waals surface area contributed by atoms with Crippen molar-refractivity contribution in [3.8, 4) is 0 Å². The van der Waals surface area contributed by atoms with Crippen LogP contribution in [-0.2, 0) is 32.4 Å². The number of rotatable bonds is 11. The summed E-state index contributed by atoms with van der Waals surface area (Å²) in [5.41, 5.74) is 7.82. The summed E-state index contributed by atoms with van der Waals surface area (Å²) < 4.78 is 33.0. The molecule has 3 N–H and O–H groups in total. The van der Waals surface area contributed by atoms with Crippen LogP contribution in [0.15, 0.2) is 34.6 Å². The normalized spacial score (nSPS) is 14.5. The van der Waals surface area contributed by atoms with Crippen LogP contribution in [-0.4, -0.2) is 67.3 Å². The Bertz CT molecular complexity index is 1510. The van der Waals surface area contributed by atoms with Gasteiger partial charge >= 0.3 is 0 Å². The van der Waals surface area contributed by atoms with Crippen molar-refractivity contribution >= 4 is 44.8 Å². The Morgan fingerprint density at radius 2 is 2.03 bits per heavy atom. The summed E-state index contributed by atoms with van der Waals surface area (Å²) in [5.74, 6) is -0.286. The summed E-state index contributed by atoms with van der Waals surface area (Å²) in [6.07, 6.45) is 5.82. The Labute approximate surface area is 231 Å². The SMILES string of the molecule is CC(C)c1csc(CCc2ccn3c(=O)c(/C=C/C(=O)NS(=O)(=O)CCCN)c(N4CCOCC4)nc3c2)n1. The van der Waals surface area contributed by atoms with Gasteiger partial charge in [0.1, 0.15) is 11.5 Å². The van der Waals surface area contributed by atoms with Gasteiger partial charge < -0.3 is 15.4 Å². The van der Waals surface area contributed by atoms with Gasteiger partial charge in [-0.2, -0.15) is 0 Å². The van der Waals surface area contributed by atoms with Crippen molar-refractivity contribution in [3.05, 3.63) is 62.0 Å². The Morgan fingerprint density at radius 1 is 1.26 bits per heavy atom. The number of nitrogens with one attached hydrogen (secondary N) is 1. The highest BCUT2D eigenvalue weighted by Gasteiger charge is 2.20. The lowest BCUT2D eigenvalue weighted by Gasteiger charge is -2.29. The van der Waals surface area contributed by atoms with E-state index in [1.54, 1.807) is 17.5 Å². The van der Waals surface area contributed by atoms with E-state index in [0.717, 1.165) is 35.2 Å². The van der Waals surface area contributed by atoms with Gasteiger partial charge in [0.25, 0.3) is 11.5 Å². The van der Waals surface area contributed by atoms with Gasteiger partial charge in [0.2, 0.25) is 10.0 Å². The van der Waals surface area contributed by atoms with Gasteiger partial charge in [0, 0.05) is 37.2 Å². The molecule has 0 unspecified atom stereocenters. The van der Waals surface area contributed by atoms with Crippen LogP contribution in [0.4, 0.5) is 5.82 Å². The fourth-order valence-electron chi connectivity index (χ4n) is 4.13. The predicted molar refractivity (Wildman–Crippen MR) is 153 cm³/mol. The molecule has 0 spiro atoms. The molecule has 1 amide bonds. The second-order valence-electron chi connectivity index (χ2n) is 9.60. The molecule has 1 aliphatic rings. The maximum absolute atomic E-state index is 13.5. The Balaban J connectivity index is 1.62. The van der Waals surface area contributed by atoms with Crippen LogP contribution < -0.4 is 20.9 Å². The molecular weight excluding hydrogens is 540 g/mol. The second-order valence-corrected chi connectivity index (χ2v) is 12.4. The number of carbonyl (C=O) groups is 1. The summed E-state index contributed by atoms with van der Waals surface area (Å²) in [5, 5.41) is 3.17. The molecule has 4 heterocycles. The first-order valence-corrected chi connectivity index (χ1v) is 15.4. The molecule has 0 saturated carbocycles. The molecule has 0 aliphatic carbocycles. The second kappa shape index (κ2) is 12.8. The number of amides is 1. The number of nitrogens with zero attached hydrogens (tertiary/aromatic N) is 4. The summed E-state index contributed by atoms with van der Waals surface area (Å²) >= 11 is 1.66. The van der Waals surface area contributed by atoms with Crippen LogP contribution in [0.3, 0.4) is 0 Å². The number of fused-ring (bicyclic) bond motifs is 1.